The van der Waals surface area contributed by atoms with Gasteiger partial charge in [-0.05, 0) is 38.1 Å². The first-order valence-corrected chi connectivity index (χ1v) is 7.06. The van der Waals surface area contributed by atoms with Gasteiger partial charge in [-0.15, -0.1) is 0 Å². The van der Waals surface area contributed by atoms with Gasteiger partial charge in [-0.25, -0.2) is 0 Å². The number of nitrogens with zero attached hydrogens (tertiary/aromatic N) is 1. The third kappa shape index (κ3) is 2.10. The van der Waals surface area contributed by atoms with E-state index in [9.17, 15) is 4.79 Å². The van der Waals surface area contributed by atoms with Gasteiger partial charge in [0.05, 0.1) is 13.0 Å². The van der Waals surface area contributed by atoms with Crippen LogP contribution in [-0.4, -0.2) is 36.6 Å². The number of aromatic amines is 1. The first-order valence-electron chi connectivity index (χ1n) is 7.06. The molecule has 0 amide bonds. The molecule has 0 saturated carbocycles. The molecule has 2 atom stereocenters. The second kappa shape index (κ2) is 5.29. The maximum absolute atomic E-state index is 12.1. The lowest BCUT2D eigenvalue weighted by atomic mass is 9.85. The Balaban J connectivity index is 2.06. The summed E-state index contributed by atoms with van der Waals surface area (Å²) in [7, 11) is 3.56. The van der Waals surface area contributed by atoms with Crippen LogP contribution in [0.3, 0.4) is 0 Å². The Morgan fingerprint density at radius 2 is 2.20 bits per heavy atom. The summed E-state index contributed by atoms with van der Waals surface area (Å²) in [5, 5.41) is 1.19. The average Bonchev–Trinajstić information content (AvgIpc) is 2.90. The highest BCUT2D eigenvalue weighted by Crippen LogP contribution is 2.38. The molecular weight excluding hydrogens is 252 g/mol. The van der Waals surface area contributed by atoms with E-state index in [0.717, 1.165) is 24.9 Å². The summed E-state index contributed by atoms with van der Waals surface area (Å²) in [5.41, 5.74) is 2.31. The van der Waals surface area contributed by atoms with E-state index in [0.29, 0.717) is 0 Å². The van der Waals surface area contributed by atoms with E-state index in [4.69, 9.17) is 4.74 Å². The summed E-state index contributed by atoms with van der Waals surface area (Å²) in [4.78, 5) is 17.7. The molecule has 1 aromatic heterocycles. The number of H-pyrrole nitrogens is 1. The van der Waals surface area contributed by atoms with E-state index < -0.39 is 0 Å². The Morgan fingerprint density at radius 3 is 3.00 bits per heavy atom. The lowest BCUT2D eigenvalue weighted by Gasteiger charge is -2.37. The Kier molecular flexibility index (Phi) is 3.49. The Hall–Kier alpha value is -1.81. The molecule has 2 aromatic rings. The second-order valence-corrected chi connectivity index (χ2v) is 5.49. The number of rotatable bonds is 2. The fraction of sp³-hybridized carbons (Fsp3) is 0.438. The van der Waals surface area contributed by atoms with Crippen LogP contribution in [0.2, 0.25) is 0 Å². The van der Waals surface area contributed by atoms with Crippen molar-refractivity contribution in [1.82, 2.24) is 9.88 Å². The zero-order valence-corrected chi connectivity index (χ0v) is 11.9. The molecule has 1 aliphatic rings. The van der Waals surface area contributed by atoms with Crippen LogP contribution in [0.1, 0.15) is 24.4 Å². The van der Waals surface area contributed by atoms with E-state index in [1.807, 2.05) is 18.3 Å². The van der Waals surface area contributed by atoms with E-state index in [1.54, 1.807) is 0 Å². The van der Waals surface area contributed by atoms with Crippen LogP contribution in [0.15, 0.2) is 30.5 Å². The first-order chi connectivity index (χ1) is 9.72. The lowest BCUT2D eigenvalue weighted by molar-refractivity contribution is -0.149. The summed E-state index contributed by atoms with van der Waals surface area (Å²) in [6, 6.07) is 8.32. The van der Waals surface area contributed by atoms with Gasteiger partial charge in [-0.1, -0.05) is 18.2 Å². The highest BCUT2D eigenvalue weighted by Gasteiger charge is 2.37. The van der Waals surface area contributed by atoms with E-state index >= 15 is 0 Å². The summed E-state index contributed by atoms with van der Waals surface area (Å²) < 4.78 is 5.00. The third-order valence-electron chi connectivity index (χ3n) is 4.33. The number of nitrogens with one attached hydrogen (secondary N) is 1. The number of ether oxygens (including phenoxy) is 1. The van der Waals surface area contributed by atoms with Crippen LogP contribution >= 0.6 is 0 Å². The number of aromatic nitrogens is 1. The second-order valence-electron chi connectivity index (χ2n) is 5.49. The van der Waals surface area contributed by atoms with Crippen LogP contribution in [0.4, 0.5) is 0 Å². The molecular formula is C16H20N2O2. The van der Waals surface area contributed by atoms with Crippen LogP contribution in [0.5, 0.6) is 0 Å². The normalized spacial score (nSPS) is 23.9. The molecule has 4 nitrogen and oxygen atoms in total. The SMILES string of the molecule is COC(=O)C1CCCN(C)C1c1c[nH]c2ccccc12. The molecule has 0 aliphatic carbocycles. The number of fused-ring (bicyclic) bond motifs is 1. The summed E-state index contributed by atoms with van der Waals surface area (Å²) >= 11 is 0. The van der Waals surface area contributed by atoms with Crippen LogP contribution < -0.4 is 0 Å². The van der Waals surface area contributed by atoms with Crippen molar-refractivity contribution in [3.05, 3.63) is 36.0 Å². The minimum absolute atomic E-state index is 0.0852. The molecule has 1 aromatic carbocycles. The van der Waals surface area contributed by atoms with Gasteiger partial charge in [0.1, 0.15) is 0 Å². The van der Waals surface area contributed by atoms with E-state index in [-0.39, 0.29) is 17.9 Å². The Morgan fingerprint density at radius 1 is 1.40 bits per heavy atom. The van der Waals surface area contributed by atoms with E-state index in [1.165, 1.54) is 18.1 Å². The molecule has 0 bridgehead atoms. The molecule has 2 heterocycles. The molecule has 106 valence electrons. The maximum Gasteiger partial charge on any atom is 0.310 e. The van der Waals surface area contributed by atoms with Crippen molar-refractivity contribution in [1.29, 1.82) is 0 Å². The predicted molar refractivity (Wildman–Crippen MR) is 78.4 cm³/mol. The minimum Gasteiger partial charge on any atom is -0.469 e. The number of benzene rings is 1. The lowest BCUT2D eigenvalue weighted by Crippen LogP contribution is -2.40. The fourth-order valence-electron chi connectivity index (χ4n) is 3.36. The highest BCUT2D eigenvalue weighted by molar-refractivity contribution is 5.85. The molecule has 1 N–H and O–H groups in total. The quantitative estimate of drug-likeness (QED) is 0.855. The number of methoxy groups -OCH3 is 1. The van der Waals surface area contributed by atoms with E-state index in [2.05, 4.69) is 29.1 Å². The van der Waals surface area contributed by atoms with Crippen molar-refractivity contribution < 1.29 is 9.53 Å². The van der Waals surface area contributed by atoms with Gasteiger partial charge < -0.3 is 9.72 Å². The predicted octanol–water partition coefficient (Wildman–Crippen LogP) is 2.72. The Bertz CT molecular complexity index is 620. The monoisotopic (exact) mass is 272 g/mol. The van der Waals surface area contributed by atoms with Crippen molar-refractivity contribution in [3.8, 4) is 0 Å². The van der Waals surface area contributed by atoms with Gasteiger partial charge in [0.25, 0.3) is 0 Å². The zero-order chi connectivity index (χ0) is 14.1. The average molecular weight is 272 g/mol. The number of hydrogen-bond donors (Lipinski definition) is 1. The van der Waals surface area contributed by atoms with Gasteiger partial charge in [0.2, 0.25) is 0 Å². The number of carbonyl (C=O) groups excluding carboxylic acids is 1. The maximum atomic E-state index is 12.1. The molecule has 20 heavy (non-hydrogen) atoms. The molecule has 0 radical (unpaired) electrons. The molecule has 0 spiro atoms. The van der Waals surface area contributed by atoms with Gasteiger partial charge in [-0.3, -0.25) is 9.69 Å². The van der Waals surface area contributed by atoms with Crippen LogP contribution in [0.25, 0.3) is 10.9 Å². The number of hydrogen-bond acceptors (Lipinski definition) is 3. The van der Waals surface area contributed by atoms with Crippen LogP contribution in [0, 0.1) is 5.92 Å². The number of likely N-dealkylation sites (tertiary alicyclic amines) is 1. The van der Waals surface area contributed by atoms with Crippen molar-refractivity contribution in [2.45, 2.75) is 18.9 Å². The number of piperidine rings is 1. The minimum atomic E-state index is -0.105. The summed E-state index contributed by atoms with van der Waals surface area (Å²) in [6.45, 7) is 1.01. The number of carbonyl (C=O) groups is 1. The van der Waals surface area contributed by atoms with Crippen molar-refractivity contribution in [2.24, 2.45) is 5.92 Å². The molecule has 1 aliphatic heterocycles. The van der Waals surface area contributed by atoms with Crippen molar-refractivity contribution in [3.63, 3.8) is 0 Å². The smallest absolute Gasteiger partial charge is 0.310 e. The van der Waals surface area contributed by atoms with Gasteiger partial charge in [0.15, 0.2) is 0 Å². The third-order valence-corrected chi connectivity index (χ3v) is 4.33. The molecule has 4 heteroatoms. The molecule has 2 unspecified atom stereocenters. The van der Waals surface area contributed by atoms with Crippen molar-refractivity contribution in [2.75, 3.05) is 20.7 Å². The highest BCUT2D eigenvalue weighted by atomic mass is 16.5. The molecule has 1 fully saturated rings. The zero-order valence-electron chi connectivity index (χ0n) is 11.9. The van der Waals surface area contributed by atoms with Crippen LogP contribution in [-0.2, 0) is 9.53 Å². The molecule has 3 rings (SSSR count). The fourth-order valence-corrected chi connectivity index (χ4v) is 3.36. The summed E-state index contributed by atoms with van der Waals surface area (Å²) in [5.74, 6) is -0.190. The standard InChI is InChI=1S/C16H20N2O2/c1-18-9-5-7-12(16(19)20-2)15(18)13-10-17-14-8-4-3-6-11(13)14/h3-4,6,8,10,12,15,17H,5,7,9H2,1-2H3. The number of para-hydroxylation sites is 1. The first kappa shape index (κ1) is 13.2. The Labute approximate surface area is 118 Å². The largest absolute Gasteiger partial charge is 0.469 e. The van der Waals surface area contributed by atoms with Gasteiger partial charge >= 0.3 is 5.97 Å². The number of esters is 1. The van der Waals surface area contributed by atoms with Gasteiger partial charge in [-0.2, -0.15) is 0 Å². The summed E-state index contributed by atoms with van der Waals surface area (Å²) in [6.07, 6.45) is 3.96. The topological polar surface area (TPSA) is 45.3 Å². The van der Waals surface area contributed by atoms with Crippen molar-refractivity contribution >= 4 is 16.9 Å². The van der Waals surface area contributed by atoms with Gasteiger partial charge in [0, 0.05) is 23.1 Å². The molecule has 1 saturated heterocycles.